The van der Waals surface area contributed by atoms with Gasteiger partial charge in [0.1, 0.15) is 5.82 Å². The summed E-state index contributed by atoms with van der Waals surface area (Å²) in [6.07, 6.45) is 2.79. The Morgan fingerprint density at radius 1 is 0.857 bits per heavy atom. The van der Waals surface area contributed by atoms with Crippen molar-refractivity contribution < 1.29 is 0 Å². The van der Waals surface area contributed by atoms with Crippen LogP contribution in [0.4, 0.5) is 17.2 Å². The van der Waals surface area contributed by atoms with Crippen molar-refractivity contribution in [2.75, 3.05) is 17.7 Å². The Bertz CT molecular complexity index is 1220. The van der Waals surface area contributed by atoms with Gasteiger partial charge in [0.05, 0.1) is 5.69 Å². The molecular formula is C29H30ClN5. The van der Waals surface area contributed by atoms with Crippen molar-refractivity contribution in [3.8, 4) is 0 Å². The molecule has 1 aromatic heterocycles. The lowest BCUT2D eigenvalue weighted by Crippen LogP contribution is -2.39. The first-order valence-electron chi connectivity index (χ1n) is 12.1. The summed E-state index contributed by atoms with van der Waals surface area (Å²) in [5, 5.41) is 6.99. The first kappa shape index (κ1) is 23.3. The Labute approximate surface area is 212 Å². The van der Waals surface area contributed by atoms with Crippen LogP contribution in [0.15, 0.2) is 84.9 Å². The zero-order valence-corrected chi connectivity index (χ0v) is 20.7. The maximum atomic E-state index is 6.34. The van der Waals surface area contributed by atoms with Crippen molar-refractivity contribution in [1.82, 2.24) is 14.9 Å². The highest BCUT2D eigenvalue weighted by Crippen LogP contribution is 2.32. The molecule has 0 aliphatic heterocycles. The van der Waals surface area contributed by atoms with E-state index in [1.165, 1.54) is 11.1 Å². The fourth-order valence-electron chi connectivity index (χ4n) is 4.82. The number of aromatic nitrogens is 2. The minimum atomic E-state index is 0.292. The normalized spacial score (nSPS) is 15.0. The van der Waals surface area contributed by atoms with Crippen LogP contribution in [0.1, 0.15) is 28.8 Å². The van der Waals surface area contributed by atoms with E-state index < -0.39 is 0 Å². The summed E-state index contributed by atoms with van der Waals surface area (Å²) >= 11 is 6.34. The average molecular weight is 484 g/mol. The van der Waals surface area contributed by atoms with Crippen LogP contribution in [0.25, 0.3) is 0 Å². The summed E-state index contributed by atoms with van der Waals surface area (Å²) in [5.41, 5.74) is 6.87. The highest BCUT2D eigenvalue weighted by Gasteiger charge is 2.28. The zero-order chi connectivity index (χ0) is 24.0. The third-order valence-electron chi connectivity index (χ3n) is 6.61. The quantitative estimate of drug-likeness (QED) is 0.281. The Kier molecular flexibility index (Phi) is 7.26. The molecule has 6 heteroatoms. The summed E-state index contributed by atoms with van der Waals surface area (Å²) in [5.74, 6) is 0.803. The fraction of sp³-hybridized carbons (Fsp3) is 0.241. The van der Waals surface area contributed by atoms with E-state index in [0.717, 1.165) is 60.8 Å². The van der Waals surface area contributed by atoms with Crippen LogP contribution in [-0.2, 0) is 25.9 Å². The molecule has 5 rings (SSSR count). The largest absolute Gasteiger partial charge is 0.388 e. The van der Waals surface area contributed by atoms with Gasteiger partial charge in [-0.3, -0.25) is 4.90 Å². The predicted octanol–water partition coefficient (Wildman–Crippen LogP) is 6.48. The molecule has 0 saturated heterocycles. The van der Waals surface area contributed by atoms with Crippen LogP contribution in [0.3, 0.4) is 0 Å². The molecule has 1 heterocycles. The number of fused-ring (bicyclic) bond motifs is 1. The number of hydrogen-bond donors (Lipinski definition) is 2. The number of rotatable bonds is 8. The first-order chi connectivity index (χ1) is 17.2. The Hall–Kier alpha value is -3.41. The van der Waals surface area contributed by atoms with Crippen molar-refractivity contribution >= 4 is 28.8 Å². The number of hydrogen-bond acceptors (Lipinski definition) is 5. The topological polar surface area (TPSA) is 53.1 Å². The molecule has 1 aliphatic carbocycles. The second-order valence-corrected chi connectivity index (χ2v) is 9.33. The van der Waals surface area contributed by atoms with E-state index >= 15 is 0 Å². The minimum Gasteiger partial charge on any atom is -0.388 e. The van der Waals surface area contributed by atoms with Gasteiger partial charge in [-0.2, -0.15) is 0 Å². The highest BCUT2D eigenvalue weighted by atomic mass is 35.5. The van der Waals surface area contributed by atoms with E-state index in [2.05, 4.69) is 92.2 Å². The molecular weight excluding hydrogens is 454 g/mol. The summed E-state index contributed by atoms with van der Waals surface area (Å²) in [4.78, 5) is 11.8. The lowest BCUT2D eigenvalue weighted by Gasteiger charge is -2.35. The minimum absolute atomic E-state index is 0.292. The number of nitrogens with zero attached hydrogens (tertiary/aromatic N) is 3. The van der Waals surface area contributed by atoms with Gasteiger partial charge in [-0.25, -0.2) is 9.97 Å². The third-order valence-corrected chi connectivity index (χ3v) is 6.78. The summed E-state index contributed by atoms with van der Waals surface area (Å²) in [6, 6.07) is 30.0. The van der Waals surface area contributed by atoms with Gasteiger partial charge in [-0.15, -0.1) is 0 Å². The average Bonchev–Trinajstić information content (AvgIpc) is 2.89. The van der Waals surface area contributed by atoms with Gasteiger partial charge in [-0.1, -0.05) is 66.7 Å². The molecule has 2 N–H and O–H groups in total. The summed E-state index contributed by atoms with van der Waals surface area (Å²) in [7, 11) is 1.92. The smallest absolute Gasteiger partial charge is 0.224 e. The van der Waals surface area contributed by atoms with Crippen molar-refractivity contribution in [3.05, 3.63) is 113 Å². The molecule has 3 aromatic carbocycles. The predicted molar refractivity (Wildman–Crippen MR) is 144 cm³/mol. The maximum Gasteiger partial charge on any atom is 0.224 e. The van der Waals surface area contributed by atoms with E-state index in [0.29, 0.717) is 11.3 Å². The van der Waals surface area contributed by atoms with Crippen LogP contribution in [0.5, 0.6) is 0 Å². The van der Waals surface area contributed by atoms with E-state index in [-0.39, 0.29) is 0 Å². The molecule has 1 unspecified atom stereocenters. The Balaban J connectivity index is 1.44. The van der Waals surface area contributed by atoms with Crippen LogP contribution >= 0.6 is 11.6 Å². The van der Waals surface area contributed by atoms with Crippen LogP contribution in [-0.4, -0.2) is 28.0 Å². The molecule has 0 fully saturated rings. The molecule has 0 amide bonds. The molecule has 5 nitrogen and oxygen atoms in total. The number of benzene rings is 3. The fourth-order valence-corrected chi connectivity index (χ4v) is 5.00. The van der Waals surface area contributed by atoms with Gasteiger partial charge in [0.2, 0.25) is 5.28 Å². The molecule has 0 saturated carbocycles. The first-order valence-corrected chi connectivity index (χ1v) is 12.5. The molecule has 1 atom stereocenters. The van der Waals surface area contributed by atoms with Crippen molar-refractivity contribution in [3.63, 3.8) is 0 Å². The monoisotopic (exact) mass is 483 g/mol. The molecule has 1 aliphatic rings. The van der Waals surface area contributed by atoms with Gasteiger partial charge < -0.3 is 10.6 Å². The highest BCUT2D eigenvalue weighted by molar-refractivity contribution is 6.28. The van der Waals surface area contributed by atoms with Gasteiger partial charge in [0.25, 0.3) is 0 Å². The van der Waals surface area contributed by atoms with Crippen LogP contribution in [0.2, 0.25) is 5.28 Å². The van der Waals surface area contributed by atoms with Gasteiger partial charge >= 0.3 is 0 Å². The number of nitrogens with one attached hydrogen (secondary N) is 2. The standard InChI is InChI=1S/C29H30ClN5/c1-31-23-13-8-14-24(17-23)32-28-26-18-25(15-16-27(26)33-29(30)34-28)35(19-21-9-4-2-5-10-21)20-22-11-6-3-7-12-22/h2-14,17,25,31H,15-16,18-20H2,1H3,(H,32,33,34). The summed E-state index contributed by atoms with van der Waals surface area (Å²) in [6.45, 7) is 1.80. The molecule has 35 heavy (non-hydrogen) atoms. The van der Waals surface area contributed by atoms with Gasteiger partial charge in [-0.05, 0) is 60.2 Å². The van der Waals surface area contributed by atoms with Crippen molar-refractivity contribution in [1.29, 1.82) is 0 Å². The lowest BCUT2D eigenvalue weighted by molar-refractivity contribution is 0.161. The summed E-state index contributed by atoms with van der Waals surface area (Å²) < 4.78 is 0. The van der Waals surface area contributed by atoms with Crippen LogP contribution in [0, 0.1) is 0 Å². The van der Waals surface area contributed by atoms with E-state index in [1.807, 2.05) is 25.2 Å². The van der Waals surface area contributed by atoms with Crippen LogP contribution < -0.4 is 10.6 Å². The SMILES string of the molecule is CNc1cccc(Nc2nc(Cl)nc3c2CC(N(Cc2ccccc2)Cc2ccccc2)CC3)c1. The van der Waals surface area contributed by atoms with Gasteiger partial charge in [0, 0.05) is 43.1 Å². The number of halogens is 1. The molecule has 178 valence electrons. The molecule has 0 radical (unpaired) electrons. The van der Waals surface area contributed by atoms with Crippen molar-refractivity contribution in [2.24, 2.45) is 0 Å². The van der Waals surface area contributed by atoms with E-state index in [4.69, 9.17) is 11.6 Å². The third kappa shape index (κ3) is 5.81. The van der Waals surface area contributed by atoms with Gasteiger partial charge in [0.15, 0.2) is 0 Å². The molecule has 0 spiro atoms. The lowest BCUT2D eigenvalue weighted by atomic mass is 9.90. The zero-order valence-electron chi connectivity index (χ0n) is 19.9. The van der Waals surface area contributed by atoms with E-state index in [1.54, 1.807) is 0 Å². The number of aryl methyl sites for hydroxylation is 1. The molecule has 4 aromatic rings. The Morgan fingerprint density at radius 3 is 2.17 bits per heavy atom. The second-order valence-electron chi connectivity index (χ2n) is 9.00. The van der Waals surface area contributed by atoms with Crippen molar-refractivity contribution in [2.45, 2.75) is 38.4 Å². The Morgan fingerprint density at radius 2 is 1.51 bits per heavy atom. The maximum absolute atomic E-state index is 6.34. The number of anilines is 3. The van der Waals surface area contributed by atoms with E-state index in [9.17, 15) is 0 Å². The second kappa shape index (κ2) is 10.9. The molecule has 0 bridgehead atoms.